The number of carbonyl (C=O) groups excluding carboxylic acids is 4. The summed E-state index contributed by atoms with van der Waals surface area (Å²) in [7, 11) is 0. The van der Waals surface area contributed by atoms with Gasteiger partial charge in [0.2, 0.25) is 18.1 Å². The minimum atomic E-state index is -0.881. The van der Waals surface area contributed by atoms with Crippen molar-refractivity contribution in [1.82, 2.24) is 20.5 Å². The molecule has 10 nitrogen and oxygen atoms in total. The van der Waals surface area contributed by atoms with Crippen molar-refractivity contribution in [3.05, 3.63) is 42.2 Å². The van der Waals surface area contributed by atoms with Crippen LogP contribution in [0.3, 0.4) is 0 Å². The molecule has 1 aliphatic carbocycles. The minimum Gasteiger partial charge on any atom is -0.433 e. The van der Waals surface area contributed by atoms with Crippen molar-refractivity contribution in [1.29, 1.82) is 0 Å². The Balaban J connectivity index is 1.38. The number of benzene rings is 1. The number of amides is 3. The first kappa shape index (κ1) is 27.1. The Morgan fingerprint density at radius 1 is 1.18 bits per heavy atom. The number of pyridine rings is 1. The molecule has 3 aliphatic rings. The molecule has 2 bridgehead atoms. The van der Waals surface area contributed by atoms with Gasteiger partial charge in [-0.2, -0.15) is 0 Å². The van der Waals surface area contributed by atoms with Crippen LogP contribution in [-0.4, -0.2) is 70.6 Å². The number of likely N-dealkylation sites (tertiary alicyclic amines) is 1. The maximum absolute atomic E-state index is 14.2. The number of carbonyl (C=O) groups is 4. The fourth-order valence-corrected chi connectivity index (χ4v) is 6.18. The number of rotatable bonds is 7. The Morgan fingerprint density at radius 3 is 2.69 bits per heavy atom. The molecule has 3 amide bonds. The van der Waals surface area contributed by atoms with E-state index in [1.165, 1.54) is 0 Å². The molecule has 1 saturated carbocycles. The van der Waals surface area contributed by atoms with Crippen LogP contribution in [0.1, 0.15) is 63.9 Å². The van der Waals surface area contributed by atoms with Crippen LogP contribution >= 0.6 is 0 Å². The highest BCUT2D eigenvalue weighted by molar-refractivity contribution is 6.06. The van der Waals surface area contributed by atoms with Gasteiger partial charge in [0.25, 0.3) is 5.91 Å². The van der Waals surface area contributed by atoms with E-state index >= 15 is 0 Å². The lowest BCUT2D eigenvalue weighted by atomic mass is 9.84. The Hall–Kier alpha value is -3.53. The molecule has 0 radical (unpaired) electrons. The summed E-state index contributed by atoms with van der Waals surface area (Å²) in [6.07, 6.45) is 3.14. The summed E-state index contributed by atoms with van der Waals surface area (Å²) in [5.41, 5.74) is -0.383. The first-order valence-electron chi connectivity index (χ1n) is 13.7. The van der Waals surface area contributed by atoms with Gasteiger partial charge >= 0.3 is 5.97 Å². The van der Waals surface area contributed by atoms with Crippen LogP contribution in [0.4, 0.5) is 0 Å². The third kappa shape index (κ3) is 5.22. The van der Waals surface area contributed by atoms with Gasteiger partial charge in [0, 0.05) is 24.2 Å². The number of cyclic esters (lactones) is 1. The third-order valence-corrected chi connectivity index (χ3v) is 8.01. The zero-order chi connectivity index (χ0) is 27.9. The summed E-state index contributed by atoms with van der Waals surface area (Å²) in [6, 6.07) is 7.04. The van der Waals surface area contributed by atoms with Gasteiger partial charge in [-0.1, -0.05) is 45.0 Å². The Bertz CT molecular complexity index is 1280. The monoisotopic (exact) mass is 536 g/mol. The fourth-order valence-electron chi connectivity index (χ4n) is 6.18. The van der Waals surface area contributed by atoms with E-state index in [4.69, 9.17) is 9.47 Å². The number of aromatic nitrogens is 1. The molecule has 2 N–H and O–H groups in total. The maximum Gasteiger partial charge on any atom is 0.310 e. The number of fused-ring (bicyclic) bond motifs is 3. The number of piperidine rings is 1. The molecule has 6 atom stereocenters. The second kappa shape index (κ2) is 10.6. The number of esters is 1. The van der Waals surface area contributed by atoms with Gasteiger partial charge in [-0.25, -0.2) is 0 Å². The molecular weight excluding hydrogens is 500 g/mol. The van der Waals surface area contributed by atoms with Gasteiger partial charge in [-0.05, 0) is 49.0 Å². The molecule has 6 unspecified atom stereocenters. The van der Waals surface area contributed by atoms with Gasteiger partial charge in [-0.3, -0.25) is 24.2 Å². The lowest BCUT2D eigenvalue weighted by Gasteiger charge is -2.40. The van der Waals surface area contributed by atoms with E-state index in [-0.39, 0.29) is 35.9 Å². The number of nitrogens with zero attached hydrogens (tertiary/aromatic N) is 2. The summed E-state index contributed by atoms with van der Waals surface area (Å²) >= 11 is 0. The molecule has 39 heavy (non-hydrogen) atoms. The number of nitrogens with one attached hydrogen (secondary N) is 2. The van der Waals surface area contributed by atoms with E-state index in [1.807, 2.05) is 51.1 Å². The van der Waals surface area contributed by atoms with Crippen LogP contribution in [0.15, 0.2) is 36.5 Å². The van der Waals surface area contributed by atoms with E-state index in [9.17, 15) is 19.2 Å². The third-order valence-electron chi connectivity index (χ3n) is 8.01. The SMILES string of the molecule is CCOC1OC(=O)CC1NC(=O)C1C2CCC(C2)N1C(=O)C(NC(=O)c1nccc2ccccc12)C(C)(C)C. The minimum absolute atomic E-state index is 0.0126. The Kier molecular flexibility index (Phi) is 7.33. The predicted molar refractivity (Wildman–Crippen MR) is 142 cm³/mol. The van der Waals surface area contributed by atoms with Gasteiger partial charge in [0.05, 0.1) is 6.42 Å². The van der Waals surface area contributed by atoms with Crippen LogP contribution in [0.5, 0.6) is 0 Å². The molecular formula is C29H36N4O6. The highest BCUT2D eigenvalue weighted by Crippen LogP contribution is 2.44. The van der Waals surface area contributed by atoms with Crippen LogP contribution < -0.4 is 10.6 Å². The number of hydrogen-bond donors (Lipinski definition) is 2. The Labute approximate surface area is 227 Å². The Morgan fingerprint density at radius 2 is 1.95 bits per heavy atom. The molecule has 2 saturated heterocycles. The van der Waals surface area contributed by atoms with E-state index in [0.29, 0.717) is 12.0 Å². The van der Waals surface area contributed by atoms with Crippen molar-refractivity contribution >= 4 is 34.5 Å². The average molecular weight is 537 g/mol. The van der Waals surface area contributed by atoms with Gasteiger partial charge < -0.3 is 25.0 Å². The number of ether oxygens (including phenoxy) is 2. The summed E-state index contributed by atoms with van der Waals surface area (Å²) in [5, 5.41) is 7.45. The molecule has 2 aromatic rings. The first-order valence-corrected chi connectivity index (χ1v) is 13.7. The average Bonchev–Trinajstić information content (AvgIpc) is 3.60. The highest BCUT2D eigenvalue weighted by Gasteiger charge is 2.54. The van der Waals surface area contributed by atoms with Crippen LogP contribution in [0, 0.1) is 11.3 Å². The molecule has 0 spiro atoms. The van der Waals surface area contributed by atoms with E-state index in [0.717, 1.165) is 24.6 Å². The molecule has 3 fully saturated rings. The van der Waals surface area contributed by atoms with Crippen molar-refractivity contribution in [2.24, 2.45) is 11.3 Å². The van der Waals surface area contributed by atoms with Crippen molar-refractivity contribution in [2.75, 3.05) is 6.61 Å². The lowest BCUT2D eigenvalue weighted by molar-refractivity contribution is -0.165. The largest absolute Gasteiger partial charge is 0.433 e. The van der Waals surface area contributed by atoms with E-state index < -0.39 is 41.7 Å². The molecule has 2 aliphatic heterocycles. The summed E-state index contributed by atoms with van der Waals surface area (Å²) in [6.45, 7) is 7.80. The van der Waals surface area contributed by atoms with Gasteiger partial charge in [0.15, 0.2) is 0 Å². The number of hydrogen-bond acceptors (Lipinski definition) is 7. The van der Waals surface area contributed by atoms with E-state index in [1.54, 1.807) is 18.0 Å². The normalized spacial score (nSPS) is 26.9. The smallest absolute Gasteiger partial charge is 0.310 e. The van der Waals surface area contributed by atoms with E-state index in [2.05, 4.69) is 15.6 Å². The summed E-state index contributed by atoms with van der Waals surface area (Å²) in [4.78, 5) is 59.1. The molecule has 10 heteroatoms. The van der Waals surface area contributed by atoms with Crippen molar-refractivity contribution in [3.63, 3.8) is 0 Å². The second-order valence-electron chi connectivity index (χ2n) is 11.7. The quantitative estimate of drug-likeness (QED) is 0.521. The fraction of sp³-hybridized carbons (Fsp3) is 0.552. The molecule has 3 heterocycles. The van der Waals surface area contributed by atoms with Crippen LogP contribution in [0.2, 0.25) is 0 Å². The van der Waals surface area contributed by atoms with Gasteiger partial charge in [0.1, 0.15) is 23.8 Å². The lowest BCUT2D eigenvalue weighted by Crippen LogP contribution is -2.62. The second-order valence-corrected chi connectivity index (χ2v) is 11.7. The zero-order valence-corrected chi connectivity index (χ0v) is 22.8. The van der Waals surface area contributed by atoms with Crippen molar-refractivity contribution < 1.29 is 28.7 Å². The van der Waals surface area contributed by atoms with Crippen molar-refractivity contribution in [3.8, 4) is 0 Å². The topological polar surface area (TPSA) is 127 Å². The van der Waals surface area contributed by atoms with Crippen molar-refractivity contribution in [2.45, 2.75) is 83.8 Å². The molecule has 5 rings (SSSR count). The standard InChI is InChI=1S/C29H36N4O6/c1-5-38-28-20(15-21(34)39-28)31-26(36)23-17-10-11-18(14-17)33(23)27(37)24(29(2,3)4)32-25(35)22-19-9-7-6-8-16(19)12-13-30-22/h6-9,12-13,17-18,20,23-24,28H,5,10-11,14-15H2,1-4H3,(H,31,36)(H,32,35). The first-order chi connectivity index (χ1) is 18.6. The van der Waals surface area contributed by atoms with Crippen LogP contribution in [0.25, 0.3) is 10.8 Å². The maximum atomic E-state index is 14.2. The zero-order valence-electron chi connectivity index (χ0n) is 22.8. The summed E-state index contributed by atoms with van der Waals surface area (Å²) in [5.74, 6) is -1.47. The van der Waals surface area contributed by atoms with Gasteiger partial charge in [-0.15, -0.1) is 0 Å². The predicted octanol–water partition coefficient (Wildman–Crippen LogP) is 2.55. The molecule has 1 aromatic carbocycles. The van der Waals surface area contributed by atoms with Crippen LogP contribution in [-0.2, 0) is 23.9 Å². The molecule has 208 valence electrons. The highest BCUT2D eigenvalue weighted by atomic mass is 16.7. The summed E-state index contributed by atoms with van der Waals surface area (Å²) < 4.78 is 10.7. The molecule has 1 aromatic heterocycles.